The molecule has 2 aromatic carbocycles. The van der Waals surface area contributed by atoms with Crippen LogP contribution in [0.4, 0.5) is 0 Å². The van der Waals surface area contributed by atoms with Crippen LogP contribution >= 0.6 is 0 Å². The number of sulfonamides is 1. The van der Waals surface area contributed by atoms with Gasteiger partial charge in [-0.15, -0.1) is 0 Å². The van der Waals surface area contributed by atoms with E-state index in [-0.39, 0.29) is 12.0 Å². The summed E-state index contributed by atoms with van der Waals surface area (Å²) < 4.78 is 33.2. The van der Waals surface area contributed by atoms with Crippen LogP contribution in [0, 0.1) is 0 Å². The van der Waals surface area contributed by atoms with Crippen LogP contribution in [0.15, 0.2) is 65.6 Å². The Kier molecular flexibility index (Phi) is 9.09. The number of benzene rings is 2. The number of carbonyl (C=O) groups is 1. The van der Waals surface area contributed by atoms with Gasteiger partial charge in [-0.3, -0.25) is 9.69 Å². The van der Waals surface area contributed by atoms with Crippen molar-refractivity contribution in [3.05, 3.63) is 71.8 Å². The second-order valence-electron chi connectivity index (χ2n) is 9.18. The monoisotopic (exact) mass is 497 g/mol. The molecule has 2 heterocycles. The normalized spacial score (nSPS) is 20.5. The van der Waals surface area contributed by atoms with Gasteiger partial charge in [0.15, 0.2) is 0 Å². The van der Waals surface area contributed by atoms with Crippen molar-refractivity contribution < 1.29 is 17.9 Å². The summed E-state index contributed by atoms with van der Waals surface area (Å²) in [4.78, 5) is 15.0. The van der Waals surface area contributed by atoms with Crippen LogP contribution in [0.1, 0.15) is 36.8 Å². The first-order valence-corrected chi connectivity index (χ1v) is 13.9. The highest BCUT2D eigenvalue weighted by Gasteiger charge is 2.25. The van der Waals surface area contributed by atoms with Crippen LogP contribution in [0.25, 0.3) is 6.08 Å². The second-order valence-corrected chi connectivity index (χ2v) is 11.1. The molecule has 0 bridgehead atoms. The quantitative estimate of drug-likeness (QED) is 0.567. The largest absolute Gasteiger partial charge is 0.374 e. The maximum absolute atomic E-state index is 12.9. The lowest BCUT2D eigenvalue weighted by molar-refractivity contribution is -0.117. The number of ether oxygens (including phenoxy) is 1. The summed E-state index contributed by atoms with van der Waals surface area (Å²) in [6.07, 6.45) is 7.10. The molecule has 0 spiro atoms. The fourth-order valence-corrected chi connectivity index (χ4v) is 6.03. The van der Waals surface area contributed by atoms with E-state index in [1.165, 1.54) is 11.6 Å². The molecule has 1 amide bonds. The SMILES string of the molecule is O=C(/C=C/c1ccc(S(=O)(=O)N2CCCCCC2)cc1)NCC1CN(Cc2ccccc2)CCO1. The van der Waals surface area contributed by atoms with E-state index in [9.17, 15) is 13.2 Å². The van der Waals surface area contributed by atoms with Gasteiger partial charge < -0.3 is 10.1 Å². The number of morpholine rings is 1. The van der Waals surface area contributed by atoms with Crippen LogP contribution in [0.3, 0.4) is 0 Å². The minimum atomic E-state index is -3.47. The Morgan fingerprint density at radius 1 is 0.971 bits per heavy atom. The van der Waals surface area contributed by atoms with Crippen molar-refractivity contribution in [2.24, 2.45) is 0 Å². The highest BCUT2D eigenvalue weighted by Crippen LogP contribution is 2.21. The van der Waals surface area contributed by atoms with Gasteiger partial charge in [0, 0.05) is 45.3 Å². The summed E-state index contributed by atoms with van der Waals surface area (Å²) in [5.41, 5.74) is 2.04. The smallest absolute Gasteiger partial charge is 0.244 e. The van der Waals surface area contributed by atoms with E-state index in [2.05, 4.69) is 22.3 Å². The van der Waals surface area contributed by atoms with Crippen molar-refractivity contribution in [1.82, 2.24) is 14.5 Å². The highest BCUT2D eigenvalue weighted by atomic mass is 32.2. The molecular weight excluding hydrogens is 462 g/mol. The van der Waals surface area contributed by atoms with Gasteiger partial charge in [0.05, 0.1) is 17.6 Å². The van der Waals surface area contributed by atoms with E-state index in [0.717, 1.165) is 50.9 Å². The summed E-state index contributed by atoms with van der Waals surface area (Å²) in [6, 6.07) is 17.1. The number of hydrogen-bond acceptors (Lipinski definition) is 5. The van der Waals surface area contributed by atoms with Crippen molar-refractivity contribution in [3.8, 4) is 0 Å². The zero-order valence-electron chi connectivity index (χ0n) is 20.1. The molecule has 2 aliphatic heterocycles. The fraction of sp³-hybridized carbons (Fsp3) is 0.444. The van der Waals surface area contributed by atoms with Crippen molar-refractivity contribution in [2.45, 2.75) is 43.2 Å². The predicted octanol–water partition coefficient (Wildman–Crippen LogP) is 3.28. The van der Waals surface area contributed by atoms with E-state index < -0.39 is 10.0 Å². The Hall–Kier alpha value is -2.52. The highest BCUT2D eigenvalue weighted by molar-refractivity contribution is 7.89. The van der Waals surface area contributed by atoms with Gasteiger partial charge in [-0.2, -0.15) is 4.31 Å². The molecular formula is C27H35N3O4S. The average Bonchev–Trinajstić information content (AvgIpc) is 3.18. The first-order valence-electron chi connectivity index (χ1n) is 12.4. The topological polar surface area (TPSA) is 79.0 Å². The first-order chi connectivity index (χ1) is 17.0. The lowest BCUT2D eigenvalue weighted by atomic mass is 10.2. The summed E-state index contributed by atoms with van der Waals surface area (Å²) in [5, 5.41) is 2.91. The Morgan fingerprint density at radius 2 is 1.69 bits per heavy atom. The average molecular weight is 498 g/mol. The van der Waals surface area contributed by atoms with Gasteiger partial charge in [-0.25, -0.2) is 8.42 Å². The van der Waals surface area contributed by atoms with Crippen LogP contribution < -0.4 is 5.32 Å². The van der Waals surface area contributed by atoms with Gasteiger partial charge in [-0.05, 0) is 42.2 Å². The maximum atomic E-state index is 12.9. The molecule has 1 atom stereocenters. The Balaban J connectivity index is 1.25. The van der Waals surface area contributed by atoms with Crippen molar-refractivity contribution >= 4 is 22.0 Å². The van der Waals surface area contributed by atoms with Gasteiger partial charge in [0.25, 0.3) is 0 Å². The Bertz CT molecular complexity index is 1080. The zero-order chi connectivity index (χ0) is 24.5. The van der Waals surface area contributed by atoms with E-state index in [4.69, 9.17) is 4.74 Å². The molecule has 2 aromatic rings. The molecule has 35 heavy (non-hydrogen) atoms. The second kappa shape index (κ2) is 12.4. The molecule has 0 saturated carbocycles. The minimum Gasteiger partial charge on any atom is -0.374 e. The standard InChI is InChI=1S/C27H35N3O4S/c31-27(28-20-25-22-29(18-19-34-25)21-24-8-4-3-5-9-24)15-12-23-10-13-26(14-11-23)35(32,33)30-16-6-1-2-7-17-30/h3-5,8-15,25H,1-2,6-7,16-22H2,(H,28,31)/b15-12+. The Morgan fingerprint density at radius 3 is 2.40 bits per heavy atom. The van der Waals surface area contributed by atoms with Gasteiger partial charge in [-0.1, -0.05) is 55.3 Å². The molecule has 1 N–H and O–H groups in total. The van der Waals surface area contributed by atoms with Crippen molar-refractivity contribution in [3.63, 3.8) is 0 Å². The van der Waals surface area contributed by atoms with E-state index in [1.807, 2.05) is 18.2 Å². The third-order valence-corrected chi connectivity index (χ3v) is 8.40. The molecule has 188 valence electrons. The van der Waals surface area contributed by atoms with E-state index in [1.54, 1.807) is 34.6 Å². The Labute approximate surface area is 208 Å². The third-order valence-electron chi connectivity index (χ3n) is 6.49. The molecule has 2 aliphatic rings. The van der Waals surface area contributed by atoms with Crippen LogP contribution in [-0.2, 0) is 26.1 Å². The molecule has 8 heteroatoms. The summed E-state index contributed by atoms with van der Waals surface area (Å²) in [5.74, 6) is -0.199. The molecule has 2 saturated heterocycles. The molecule has 2 fully saturated rings. The van der Waals surface area contributed by atoms with Gasteiger partial charge in [0.2, 0.25) is 15.9 Å². The van der Waals surface area contributed by atoms with Crippen molar-refractivity contribution in [2.75, 3.05) is 39.3 Å². The van der Waals surface area contributed by atoms with Crippen LogP contribution in [0.2, 0.25) is 0 Å². The molecule has 7 nitrogen and oxygen atoms in total. The predicted molar refractivity (Wildman–Crippen MR) is 137 cm³/mol. The van der Waals surface area contributed by atoms with Gasteiger partial charge in [0.1, 0.15) is 0 Å². The first kappa shape index (κ1) is 25.6. The minimum absolute atomic E-state index is 0.0479. The van der Waals surface area contributed by atoms with Crippen LogP contribution in [-0.4, -0.2) is 69.0 Å². The fourth-order valence-electron chi connectivity index (χ4n) is 4.52. The number of carbonyl (C=O) groups excluding carboxylic acids is 1. The zero-order valence-corrected chi connectivity index (χ0v) is 21.0. The lowest BCUT2D eigenvalue weighted by Gasteiger charge is -2.33. The molecule has 4 rings (SSSR count). The number of rotatable bonds is 8. The number of hydrogen-bond donors (Lipinski definition) is 1. The maximum Gasteiger partial charge on any atom is 0.244 e. The molecule has 0 radical (unpaired) electrons. The van der Waals surface area contributed by atoms with Crippen LogP contribution in [0.5, 0.6) is 0 Å². The number of nitrogens with one attached hydrogen (secondary N) is 1. The lowest BCUT2D eigenvalue weighted by Crippen LogP contribution is -2.46. The molecule has 0 aromatic heterocycles. The summed E-state index contributed by atoms with van der Waals surface area (Å²) in [6.45, 7) is 4.78. The third kappa shape index (κ3) is 7.48. The number of amides is 1. The molecule has 1 unspecified atom stereocenters. The van der Waals surface area contributed by atoms with Crippen molar-refractivity contribution in [1.29, 1.82) is 0 Å². The summed E-state index contributed by atoms with van der Waals surface area (Å²) >= 11 is 0. The molecule has 0 aliphatic carbocycles. The number of nitrogens with zero attached hydrogens (tertiary/aromatic N) is 2. The van der Waals surface area contributed by atoms with E-state index >= 15 is 0 Å². The van der Waals surface area contributed by atoms with E-state index in [0.29, 0.717) is 31.1 Å². The summed E-state index contributed by atoms with van der Waals surface area (Å²) in [7, 11) is -3.47. The van der Waals surface area contributed by atoms with Gasteiger partial charge >= 0.3 is 0 Å².